The zero-order chi connectivity index (χ0) is 12.5. The van der Waals surface area contributed by atoms with Crippen LogP contribution in [0.1, 0.15) is 23.7 Å². The van der Waals surface area contributed by atoms with Crippen LogP contribution in [0.25, 0.3) is 0 Å². The van der Waals surface area contributed by atoms with E-state index in [1.807, 2.05) is 11.8 Å². The van der Waals surface area contributed by atoms with Crippen LogP contribution in [-0.2, 0) is 4.79 Å². The van der Waals surface area contributed by atoms with Crippen LogP contribution in [-0.4, -0.2) is 30.3 Å². The third-order valence-electron chi connectivity index (χ3n) is 3.31. The fraction of sp³-hybridized carbons (Fsp3) is 0.417. The van der Waals surface area contributed by atoms with Crippen LogP contribution in [0.2, 0.25) is 0 Å². The summed E-state index contributed by atoms with van der Waals surface area (Å²) in [5.41, 5.74) is 5.40. The summed E-state index contributed by atoms with van der Waals surface area (Å²) in [4.78, 5) is 28.4. The van der Waals surface area contributed by atoms with Crippen molar-refractivity contribution in [3.63, 3.8) is 0 Å². The molecular formula is C12H15N3O2. The lowest BCUT2D eigenvalue weighted by Gasteiger charge is -2.22. The normalized spacial score (nSPS) is 23.7. The van der Waals surface area contributed by atoms with Gasteiger partial charge in [-0.05, 0) is 25.5 Å². The van der Waals surface area contributed by atoms with Crippen molar-refractivity contribution in [2.24, 2.45) is 11.1 Å². The number of hydrogen-bond acceptors (Lipinski definition) is 4. The van der Waals surface area contributed by atoms with E-state index in [4.69, 9.17) is 5.73 Å². The van der Waals surface area contributed by atoms with Gasteiger partial charge in [0, 0.05) is 19.3 Å². The second kappa shape index (κ2) is 4.16. The minimum atomic E-state index is -0.530. The number of primary amides is 1. The summed E-state index contributed by atoms with van der Waals surface area (Å²) in [6, 6.07) is 3.44. The number of rotatable bonds is 3. The molecule has 1 aromatic rings. The van der Waals surface area contributed by atoms with Gasteiger partial charge >= 0.3 is 0 Å². The molecule has 0 aromatic carbocycles. The van der Waals surface area contributed by atoms with Gasteiger partial charge in [0.25, 0.3) is 0 Å². The molecule has 2 N–H and O–H groups in total. The van der Waals surface area contributed by atoms with Gasteiger partial charge in [-0.2, -0.15) is 0 Å². The van der Waals surface area contributed by atoms with Gasteiger partial charge in [-0.15, -0.1) is 0 Å². The van der Waals surface area contributed by atoms with Crippen molar-refractivity contribution in [2.45, 2.75) is 13.3 Å². The van der Waals surface area contributed by atoms with Gasteiger partial charge in [0.1, 0.15) is 5.82 Å². The van der Waals surface area contributed by atoms with E-state index in [0.29, 0.717) is 30.9 Å². The summed E-state index contributed by atoms with van der Waals surface area (Å²) >= 11 is 0. The first-order valence-electron chi connectivity index (χ1n) is 5.52. The van der Waals surface area contributed by atoms with E-state index in [-0.39, 0.29) is 5.91 Å². The molecule has 0 radical (unpaired) electrons. The Morgan fingerprint density at radius 2 is 2.41 bits per heavy atom. The van der Waals surface area contributed by atoms with Gasteiger partial charge in [-0.25, -0.2) is 4.98 Å². The van der Waals surface area contributed by atoms with Crippen molar-refractivity contribution < 1.29 is 9.59 Å². The lowest BCUT2D eigenvalue weighted by atomic mass is 9.89. The standard InChI is InChI=1S/C12H15N3O2/c1-12(11(13)17)4-6-15(8-12)10-9(7-16)3-2-5-14-10/h2-3,5,7H,4,6,8H2,1H3,(H2,13,17). The van der Waals surface area contributed by atoms with Gasteiger partial charge in [-0.1, -0.05) is 0 Å². The molecule has 0 bridgehead atoms. The fourth-order valence-corrected chi connectivity index (χ4v) is 2.11. The van der Waals surface area contributed by atoms with Crippen LogP contribution in [0.5, 0.6) is 0 Å². The number of carbonyl (C=O) groups is 2. The highest BCUT2D eigenvalue weighted by Gasteiger charge is 2.39. The molecule has 90 valence electrons. The Bertz CT molecular complexity index is 461. The zero-order valence-corrected chi connectivity index (χ0v) is 9.72. The fourth-order valence-electron chi connectivity index (χ4n) is 2.11. The SMILES string of the molecule is CC1(C(N)=O)CCN(c2ncccc2C=O)C1. The summed E-state index contributed by atoms with van der Waals surface area (Å²) in [7, 11) is 0. The van der Waals surface area contributed by atoms with E-state index < -0.39 is 5.41 Å². The summed E-state index contributed by atoms with van der Waals surface area (Å²) in [6.45, 7) is 3.05. The number of pyridine rings is 1. The predicted molar refractivity (Wildman–Crippen MR) is 63.8 cm³/mol. The van der Waals surface area contributed by atoms with E-state index in [2.05, 4.69) is 4.98 Å². The number of amides is 1. The van der Waals surface area contributed by atoms with Crippen LogP contribution in [0.3, 0.4) is 0 Å². The third kappa shape index (κ3) is 2.00. The molecule has 1 aliphatic heterocycles. The van der Waals surface area contributed by atoms with Crippen LogP contribution in [0.4, 0.5) is 5.82 Å². The average molecular weight is 233 g/mol. The summed E-state index contributed by atoms with van der Waals surface area (Å²) in [5.74, 6) is 0.330. The molecular weight excluding hydrogens is 218 g/mol. The smallest absolute Gasteiger partial charge is 0.225 e. The molecule has 0 aliphatic carbocycles. The van der Waals surface area contributed by atoms with Crippen molar-refractivity contribution in [1.29, 1.82) is 0 Å². The van der Waals surface area contributed by atoms with Gasteiger partial charge in [-0.3, -0.25) is 9.59 Å². The van der Waals surface area contributed by atoms with Crippen molar-refractivity contribution in [3.05, 3.63) is 23.9 Å². The molecule has 1 amide bonds. The number of aldehydes is 1. The summed E-state index contributed by atoms with van der Waals surface area (Å²) < 4.78 is 0. The predicted octanol–water partition coefficient (Wildman–Crippen LogP) is 0.596. The maximum atomic E-state index is 11.4. The number of aromatic nitrogens is 1. The van der Waals surface area contributed by atoms with Crippen molar-refractivity contribution in [1.82, 2.24) is 4.98 Å². The molecule has 1 fully saturated rings. The summed E-state index contributed by atoms with van der Waals surface area (Å²) in [6.07, 6.45) is 3.11. The van der Waals surface area contributed by atoms with Gasteiger partial charge in [0.15, 0.2) is 6.29 Å². The molecule has 1 aliphatic rings. The third-order valence-corrected chi connectivity index (χ3v) is 3.31. The molecule has 1 unspecified atom stereocenters. The van der Waals surface area contributed by atoms with E-state index >= 15 is 0 Å². The maximum Gasteiger partial charge on any atom is 0.225 e. The van der Waals surface area contributed by atoms with Gasteiger partial charge < -0.3 is 10.6 Å². The maximum absolute atomic E-state index is 11.4. The molecule has 2 rings (SSSR count). The minimum absolute atomic E-state index is 0.302. The molecule has 1 saturated heterocycles. The molecule has 0 saturated carbocycles. The highest BCUT2D eigenvalue weighted by atomic mass is 16.1. The van der Waals surface area contributed by atoms with Crippen LogP contribution < -0.4 is 10.6 Å². The van der Waals surface area contributed by atoms with E-state index in [0.717, 1.165) is 6.29 Å². The lowest BCUT2D eigenvalue weighted by Crippen LogP contribution is -2.37. The Morgan fingerprint density at radius 3 is 3.00 bits per heavy atom. The van der Waals surface area contributed by atoms with Gasteiger partial charge in [0.05, 0.1) is 11.0 Å². The highest BCUT2D eigenvalue weighted by molar-refractivity contribution is 5.85. The average Bonchev–Trinajstić information content (AvgIpc) is 2.73. The lowest BCUT2D eigenvalue weighted by molar-refractivity contribution is -0.125. The van der Waals surface area contributed by atoms with E-state index in [1.165, 1.54) is 0 Å². The molecule has 2 heterocycles. The topological polar surface area (TPSA) is 76.3 Å². The largest absolute Gasteiger partial charge is 0.369 e. The molecule has 1 aromatic heterocycles. The van der Waals surface area contributed by atoms with Crippen molar-refractivity contribution in [3.8, 4) is 0 Å². The quantitative estimate of drug-likeness (QED) is 0.775. The molecule has 5 nitrogen and oxygen atoms in total. The number of anilines is 1. The first-order chi connectivity index (χ1) is 8.07. The first kappa shape index (κ1) is 11.6. The number of nitrogens with two attached hydrogens (primary N) is 1. The molecule has 5 heteroatoms. The Balaban J connectivity index is 2.26. The number of nitrogens with zero attached hydrogens (tertiary/aromatic N) is 2. The van der Waals surface area contributed by atoms with Crippen LogP contribution in [0, 0.1) is 5.41 Å². The molecule has 1 atom stereocenters. The Morgan fingerprint density at radius 1 is 1.65 bits per heavy atom. The van der Waals surface area contributed by atoms with Crippen molar-refractivity contribution >= 4 is 18.0 Å². The first-order valence-corrected chi connectivity index (χ1v) is 5.52. The molecule has 17 heavy (non-hydrogen) atoms. The second-order valence-electron chi connectivity index (χ2n) is 4.63. The highest BCUT2D eigenvalue weighted by Crippen LogP contribution is 2.32. The van der Waals surface area contributed by atoms with Crippen LogP contribution in [0.15, 0.2) is 18.3 Å². The van der Waals surface area contributed by atoms with Crippen molar-refractivity contribution in [2.75, 3.05) is 18.0 Å². The Kier molecular flexibility index (Phi) is 2.83. The number of hydrogen-bond donors (Lipinski definition) is 1. The van der Waals surface area contributed by atoms with E-state index in [9.17, 15) is 9.59 Å². The zero-order valence-electron chi connectivity index (χ0n) is 9.72. The van der Waals surface area contributed by atoms with Gasteiger partial charge in [0.2, 0.25) is 5.91 Å². The second-order valence-corrected chi connectivity index (χ2v) is 4.63. The minimum Gasteiger partial charge on any atom is -0.369 e. The Labute approximate surface area is 99.6 Å². The monoisotopic (exact) mass is 233 g/mol. The number of carbonyl (C=O) groups excluding carboxylic acids is 2. The molecule has 0 spiro atoms. The van der Waals surface area contributed by atoms with Crippen LogP contribution >= 0.6 is 0 Å². The Hall–Kier alpha value is -1.91. The summed E-state index contributed by atoms with van der Waals surface area (Å²) in [5, 5.41) is 0. The van der Waals surface area contributed by atoms with E-state index in [1.54, 1.807) is 18.3 Å².